The van der Waals surface area contributed by atoms with Crippen LogP contribution in [0.2, 0.25) is 0 Å². The van der Waals surface area contributed by atoms with E-state index < -0.39 is 6.10 Å². The van der Waals surface area contributed by atoms with Gasteiger partial charge in [0.2, 0.25) is 0 Å². The zero-order valence-electron chi connectivity index (χ0n) is 16.7. The molecule has 29 heavy (non-hydrogen) atoms. The molecule has 146 valence electrons. The van der Waals surface area contributed by atoms with Crippen molar-refractivity contribution in [1.29, 1.82) is 0 Å². The summed E-state index contributed by atoms with van der Waals surface area (Å²) in [6.07, 6.45) is -0.606. The number of aryl methyl sites for hydroxylation is 2. The van der Waals surface area contributed by atoms with Crippen LogP contribution in [0.3, 0.4) is 0 Å². The van der Waals surface area contributed by atoms with Crippen molar-refractivity contribution in [1.82, 2.24) is 9.97 Å². The van der Waals surface area contributed by atoms with Gasteiger partial charge in [0, 0.05) is 11.3 Å². The van der Waals surface area contributed by atoms with Crippen LogP contribution in [0.5, 0.6) is 5.75 Å². The van der Waals surface area contributed by atoms with Gasteiger partial charge in [0.15, 0.2) is 6.10 Å². The molecule has 0 aliphatic rings. The number of para-hydroxylation sites is 2. The highest BCUT2D eigenvalue weighted by Crippen LogP contribution is 2.23. The Labute approximate surface area is 169 Å². The fourth-order valence-corrected chi connectivity index (χ4v) is 3.12. The van der Waals surface area contributed by atoms with E-state index in [0.717, 1.165) is 39.3 Å². The molecule has 0 radical (unpaired) electrons. The van der Waals surface area contributed by atoms with Gasteiger partial charge in [0.25, 0.3) is 5.91 Å². The molecule has 0 spiro atoms. The minimum absolute atomic E-state index is 0.192. The highest BCUT2D eigenvalue weighted by atomic mass is 16.5. The minimum atomic E-state index is -0.606. The van der Waals surface area contributed by atoms with Crippen molar-refractivity contribution in [3.8, 4) is 17.1 Å². The van der Waals surface area contributed by atoms with Crippen LogP contribution in [-0.2, 0) is 4.79 Å². The first-order chi connectivity index (χ1) is 14.0. The molecule has 3 aromatic carbocycles. The number of hydrogen-bond donors (Lipinski definition) is 2. The number of hydrogen-bond acceptors (Lipinski definition) is 3. The van der Waals surface area contributed by atoms with Gasteiger partial charge in [-0.05, 0) is 74.4 Å². The van der Waals surface area contributed by atoms with Crippen molar-refractivity contribution < 1.29 is 9.53 Å². The smallest absolute Gasteiger partial charge is 0.265 e. The molecular formula is C24H23N3O2. The number of fused-ring (bicyclic) bond motifs is 1. The second kappa shape index (κ2) is 7.80. The van der Waals surface area contributed by atoms with E-state index in [1.807, 2.05) is 80.6 Å². The molecule has 1 aromatic heterocycles. The first kappa shape index (κ1) is 18.7. The molecule has 4 aromatic rings. The van der Waals surface area contributed by atoms with E-state index in [4.69, 9.17) is 4.74 Å². The summed E-state index contributed by atoms with van der Waals surface area (Å²) in [6, 6.07) is 21.5. The van der Waals surface area contributed by atoms with Gasteiger partial charge in [-0.2, -0.15) is 0 Å². The monoisotopic (exact) mass is 385 g/mol. The van der Waals surface area contributed by atoms with Crippen molar-refractivity contribution in [2.24, 2.45) is 0 Å². The predicted octanol–water partition coefficient (Wildman–Crippen LogP) is 5.25. The van der Waals surface area contributed by atoms with Crippen LogP contribution in [-0.4, -0.2) is 22.0 Å². The van der Waals surface area contributed by atoms with Gasteiger partial charge >= 0.3 is 0 Å². The number of carbonyl (C=O) groups is 1. The molecule has 2 N–H and O–H groups in total. The number of benzene rings is 3. The summed E-state index contributed by atoms with van der Waals surface area (Å²) in [7, 11) is 0. The Hall–Kier alpha value is -3.60. The third-order valence-corrected chi connectivity index (χ3v) is 4.83. The standard InChI is InChI=1S/C24H23N3O2/c1-15-8-9-16(2)22(14-15)29-17(3)24(28)25-19-12-10-18(11-13-19)23-26-20-6-4-5-7-21(20)27-23/h4-14,17H,1-3H3,(H,25,28)(H,26,27). The topological polar surface area (TPSA) is 67.0 Å². The van der Waals surface area contributed by atoms with Crippen molar-refractivity contribution >= 4 is 22.6 Å². The Bertz CT molecular complexity index is 1130. The highest BCUT2D eigenvalue weighted by Gasteiger charge is 2.16. The lowest BCUT2D eigenvalue weighted by Gasteiger charge is -2.17. The second-order valence-corrected chi connectivity index (χ2v) is 7.20. The maximum absolute atomic E-state index is 12.5. The van der Waals surface area contributed by atoms with Crippen LogP contribution in [0.1, 0.15) is 18.1 Å². The van der Waals surface area contributed by atoms with Crippen LogP contribution < -0.4 is 10.1 Å². The Morgan fingerprint density at radius 1 is 1.03 bits per heavy atom. The zero-order valence-corrected chi connectivity index (χ0v) is 16.7. The number of carbonyl (C=O) groups excluding carboxylic acids is 1. The maximum Gasteiger partial charge on any atom is 0.265 e. The number of H-pyrrole nitrogens is 1. The van der Waals surface area contributed by atoms with Crippen LogP contribution in [0.4, 0.5) is 5.69 Å². The van der Waals surface area contributed by atoms with Crippen LogP contribution in [0.15, 0.2) is 66.7 Å². The van der Waals surface area contributed by atoms with Crippen LogP contribution >= 0.6 is 0 Å². The normalized spacial score (nSPS) is 12.0. The molecule has 0 aliphatic heterocycles. The number of nitrogens with one attached hydrogen (secondary N) is 2. The van der Waals surface area contributed by atoms with E-state index in [9.17, 15) is 4.79 Å². The average molecular weight is 385 g/mol. The number of ether oxygens (including phenoxy) is 1. The predicted molar refractivity (Wildman–Crippen MR) is 116 cm³/mol. The van der Waals surface area contributed by atoms with Crippen molar-refractivity contribution in [2.75, 3.05) is 5.32 Å². The maximum atomic E-state index is 12.5. The molecule has 1 unspecified atom stereocenters. The van der Waals surface area contributed by atoms with E-state index in [-0.39, 0.29) is 5.91 Å². The van der Waals surface area contributed by atoms with E-state index in [2.05, 4.69) is 15.3 Å². The van der Waals surface area contributed by atoms with E-state index >= 15 is 0 Å². The lowest BCUT2D eigenvalue weighted by Crippen LogP contribution is -2.30. The van der Waals surface area contributed by atoms with E-state index in [1.54, 1.807) is 6.92 Å². The van der Waals surface area contributed by atoms with Crippen LogP contribution in [0, 0.1) is 13.8 Å². The number of aromatic nitrogens is 2. The molecule has 4 rings (SSSR count). The Kier molecular flexibility index (Phi) is 5.04. The fourth-order valence-electron chi connectivity index (χ4n) is 3.12. The minimum Gasteiger partial charge on any atom is -0.481 e. The summed E-state index contributed by atoms with van der Waals surface area (Å²) in [5.74, 6) is 1.34. The first-order valence-corrected chi connectivity index (χ1v) is 9.59. The first-order valence-electron chi connectivity index (χ1n) is 9.59. The summed E-state index contributed by atoms with van der Waals surface area (Å²) >= 11 is 0. The van der Waals surface area contributed by atoms with E-state index in [0.29, 0.717) is 5.69 Å². The molecular weight excluding hydrogens is 362 g/mol. The van der Waals surface area contributed by atoms with Crippen molar-refractivity contribution in [3.63, 3.8) is 0 Å². The summed E-state index contributed by atoms with van der Waals surface area (Å²) < 4.78 is 5.86. The summed E-state index contributed by atoms with van der Waals surface area (Å²) in [4.78, 5) is 20.4. The quantitative estimate of drug-likeness (QED) is 0.493. The van der Waals surface area contributed by atoms with Gasteiger partial charge in [-0.15, -0.1) is 0 Å². The van der Waals surface area contributed by atoms with Gasteiger partial charge in [-0.25, -0.2) is 4.98 Å². The molecule has 0 saturated heterocycles. The lowest BCUT2D eigenvalue weighted by molar-refractivity contribution is -0.122. The SMILES string of the molecule is Cc1ccc(C)c(OC(C)C(=O)Nc2ccc(-c3nc4ccccc4[nH]3)cc2)c1. The molecule has 1 heterocycles. The summed E-state index contributed by atoms with van der Waals surface area (Å²) in [6.45, 7) is 5.72. The molecule has 5 heteroatoms. The molecule has 0 bridgehead atoms. The zero-order chi connectivity index (χ0) is 20.4. The van der Waals surface area contributed by atoms with Crippen LogP contribution in [0.25, 0.3) is 22.4 Å². The molecule has 0 aliphatic carbocycles. The molecule has 0 fully saturated rings. The van der Waals surface area contributed by atoms with E-state index in [1.165, 1.54) is 0 Å². The van der Waals surface area contributed by atoms with Gasteiger partial charge in [0.1, 0.15) is 11.6 Å². The number of aromatic amines is 1. The Morgan fingerprint density at radius 3 is 2.55 bits per heavy atom. The van der Waals surface area contributed by atoms with Gasteiger partial charge in [0.05, 0.1) is 11.0 Å². The average Bonchev–Trinajstić information content (AvgIpc) is 3.15. The largest absolute Gasteiger partial charge is 0.481 e. The highest BCUT2D eigenvalue weighted by molar-refractivity contribution is 5.94. The molecule has 5 nitrogen and oxygen atoms in total. The number of anilines is 1. The third-order valence-electron chi connectivity index (χ3n) is 4.83. The number of rotatable bonds is 5. The third kappa shape index (κ3) is 4.14. The lowest BCUT2D eigenvalue weighted by atomic mass is 10.1. The fraction of sp³-hybridized carbons (Fsp3) is 0.167. The van der Waals surface area contributed by atoms with Crippen molar-refractivity contribution in [2.45, 2.75) is 26.9 Å². The summed E-state index contributed by atoms with van der Waals surface area (Å²) in [5, 5.41) is 2.91. The molecule has 1 amide bonds. The Balaban J connectivity index is 1.43. The van der Waals surface area contributed by atoms with Gasteiger partial charge < -0.3 is 15.0 Å². The van der Waals surface area contributed by atoms with Gasteiger partial charge in [-0.3, -0.25) is 4.79 Å². The second-order valence-electron chi connectivity index (χ2n) is 7.20. The summed E-state index contributed by atoms with van der Waals surface area (Å²) in [5.41, 5.74) is 5.70. The Morgan fingerprint density at radius 2 is 1.79 bits per heavy atom. The number of nitrogens with zero attached hydrogens (tertiary/aromatic N) is 1. The van der Waals surface area contributed by atoms with Crippen molar-refractivity contribution in [3.05, 3.63) is 77.9 Å². The number of amides is 1. The molecule has 0 saturated carbocycles. The van der Waals surface area contributed by atoms with Gasteiger partial charge in [-0.1, -0.05) is 24.3 Å². The molecule has 1 atom stereocenters. The number of imidazole rings is 1.